The summed E-state index contributed by atoms with van der Waals surface area (Å²) in [5, 5.41) is 2.56. The van der Waals surface area contributed by atoms with Gasteiger partial charge >= 0.3 is 0 Å². The van der Waals surface area contributed by atoms with Crippen molar-refractivity contribution in [3.05, 3.63) is 71.5 Å². The van der Waals surface area contributed by atoms with Crippen LogP contribution in [-0.4, -0.2) is 18.1 Å². The molecule has 0 amide bonds. The van der Waals surface area contributed by atoms with Crippen LogP contribution < -0.4 is 4.90 Å². The second-order valence-corrected chi connectivity index (χ2v) is 7.04. The summed E-state index contributed by atoms with van der Waals surface area (Å²) < 4.78 is 0. The Morgan fingerprint density at radius 2 is 1.74 bits per heavy atom. The van der Waals surface area contributed by atoms with Crippen molar-refractivity contribution in [2.75, 3.05) is 18.0 Å². The molecule has 1 aliphatic rings. The van der Waals surface area contributed by atoms with E-state index in [1.807, 2.05) is 0 Å². The third-order valence-electron chi connectivity index (χ3n) is 5.32. The number of halogens is 1. The van der Waals surface area contributed by atoms with Crippen LogP contribution in [0.3, 0.4) is 0 Å². The molecule has 0 aliphatic carbocycles. The topological polar surface area (TPSA) is 16.1 Å². The van der Waals surface area contributed by atoms with Crippen LogP contribution in [0.4, 0.5) is 5.69 Å². The summed E-state index contributed by atoms with van der Waals surface area (Å²) in [5.41, 5.74) is 5.01. The van der Waals surface area contributed by atoms with Crippen molar-refractivity contribution in [1.82, 2.24) is 4.98 Å². The number of piperidine rings is 1. The third-order valence-corrected chi connectivity index (χ3v) is 5.32. The maximum absolute atomic E-state index is 4.69. The molecule has 2 heterocycles. The molecular weight excluding hydrogens is 352 g/mol. The molecule has 140 valence electrons. The minimum Gasteiger partial charge on any atom is -0.371 e. The van der Waals surface area contributed by atoms with E-state index in [4.69, 9.17) is 0 Å². The molecule has 0 N–H and O–H groups in total. The van der Waals surface area contributed by atoms with E-state index < -0.39 is 0 Å². The lowest BCUT2D eigenvalue weighted by Gasteiger charge is -2.30. The highest BCUT2D eigenvalue weighted by Crippen LogP contribution is 2.26. The number of hydrogen-bond acceptors (Lipinski definition) is 2. The zero-order valence-electron chi connectivity index (χ0n) is 15.9. The predicted octanol–water partition coefficient (Wildman–Crippen LogP) is 6.38. The first-order valence-corrected chi connectivity index (χ1v) is 9.75. The first-order valence-electron chi connectivity index (χ1n) is 9.75. The summed E-state index contributed by atoms with van der Waals surface area (Å²) in [5.74, 6) is 0. The molecule has 2 nitrogen and oxygen atoms in total. The van der Waals surface area contributed by atoms with Crippen molar-refractivity contribution in [3.8, 4) is 0 Å². The van der Waals surface area contributed by atoms with Gasteiger partial charge in [-0.3, -0.25) is 4.98 Å². The van der Waals surface area contributed by atoms with Crippen molar-refractivity contribution in [2.24, 2.45) is 0 Å². The largest absolute Gasteiger partial charge is 0.371 e. The van der Waals surface area contributed by atoms with Crippen LogP contribution in [-0.2, 0) is 6.42 Å². The van der Waals surface area contributed by atoms with E-state index in [0.717, 1.165) is 12.1 Å². The lowest BCUT2D eigenvalue weighted by molar-refractivity contribution is 0.576. The van der Waals surface area contributed by atoms with Crippen LogP contribution in [0, 0.1) is 0 Å². The fourth-order valence-corrected chi connectivity index (χ4v) is 3.85. The smallest absolute Gasteiger partial charge is 0.0650 e. The second-order valence-electron chi connectivity index (χ2n) is 7.04. The van der Waals surface area contributed by atoms with Crippen molar-refractivity contribution in [1.29, 1.82) is 0 Å². The van der Waals surface area contributed by atoms with Crippen molar-refractivity contribution in [3.63, 3.8) is 0 Å². The molecule has 0 spiro atoms. The monoisotopic (exact) mass is 378 g/mol. The molecule has 0 atom stereocenters. The van der Waals surface area contributed by atoms with E-state index in [1.54, 1.807) is 0 Å². The SMILES string of the molecule is CCc1cnc(/C=C/c2cccc3ccccc23)cc1N1CCCCC1.Cl. The van der Waals surface area contributed by atoms with Gasteiger partial charge in [-0.2, -0.15) is 0 Å². The standard InChI is InChI=1S/C24H26N2.ClH/c1-2-19-18-25-22(17-24(19)26-15-6-3-7-16-26)14-13-21-11-8-10-20-9-4-5-12-23(20)21;/h4-5,8-14,17-18H,2-3,6-7,15-16H2,1H3;1H/b14-13+;. The number of nitrogens with zero attached hydrogens (tertiary/aromatic N) is 2. The number of aromatic nitrogens is 1. The van der Waals surface area contributed by atoms with Gasteiger partial charge in [-0.05, 0) is 59.7 Å². The number of aryl methyl sites for hydroxylation is 1. The summed E-state index contributed by atoms with van der Waals surface area (Å²) in [6.07, 6.45) is 11.4. The van der Waals surface area contributed by atoms with Crippen LogP contribution in [0.25, 0.3) is 22.9 Å². The number of pyridine rings is 1. The number of hydrogen-bond donors (Lipinski definition) is 0. The summed E-state index contributed by atoms with van der Waals surface area (Å²) in [4.78, 5) is 7.23. The molecule has 1 aromatic heterocycles. The molecule has 0 saturated carbocycles. The van der Waals surface area contributed by atoms with Gasteiger partial charge in [0.25, 0.3) is 0 Å². The molecule has 1 aliphatic heterocycles. The summed E-state index contributed by atoms with van der Waals surface area (Å²) in [7, 11) is 0. The summed E-state index contributed by atoms with van der Waals surface area (Å²) in [6, 6.07) is 17.3. The second kappa shape index (κ2) is 9.05. The van der Waals surface area contributed by atoms with Crippen LogP contribution in [0.1, 0.15) is 43.0 Å². The Bertz CT molecular complexity index is 921. The number of benzene rings is 2. The maximum atomic E-state index is 4.69. The molecule has 0 bridgehead atoms. The lowest BCUT2D eigenvalue weighted by atomic mass is 10.0. The van der Waals surface area contributed by atoms with E-state index in [9.17, 15) is 0 Å². The van der Waals surface area contributed by atoms with Gasteiger partial charge in [-0.25, -0.2) is 0 Å². The molecule has 4 rings (SSSR count). The predicted molar refractivity (Wildman–Crippen MR) is 120 cm³/mol. The minimum absolute atomic E-state index is 0. The third kappa shape index (κ3) is 4.33. The highest BCUT2D eigenvalue weighted by Gasteiger charge is 2.14. The van der Waals surface area contributed by atoms with E-state index in [1.165, 1.54) is 59.9 Å². The molecule has 27 heavy (non-hydrogen) atoms. The van der Waals surface area contributed by atoms with Crippen LogP contribution in [0.2, 0.25) is 0 Å². The van der Waals surface area contributed by atoms with Gasteiger partial charge in [0, 0.05) is 25.0 Å². The summed E-state index contributed by atoms with van der Waals surface area (Å²) >= 11 is 0. The molecule has 0 radical (unpaired) electrons. The highest BCUT2D eigenvalue weighted by molar-refractivity contribution is 5.92. The number of rotatable bonds is 4. The molecule has 0 unspecified atom stereocenters. The normalized spacial score (nSPS) is 14.5. The Morgan fingerprint density at radius 3 is 2.56 bits per heavy atom. The van der Waals surface area contributed by atoms with Gasteiger partial charge in [0.15, 0.2) is 0 Å². The van der Waals surface area contributed by atoms with Gasteiger partial charge in [-0.1, -0.05) is 55.5 Å². The molecule has 1 fully saturated rings. The molecule has 3 heteroatoms. The summed E-state index contributed by atoms with van der Waals surface area (Å²) in [6.45, 7) is 4.56. The quantitative estimate of drug-likeness (QED) is 0.523. The van der Waals surface area contributed by atoms with Crippen molar-refractivity contribution >= 4 is 41.0 Å². The maximum Gasteiger partial charge on any atom is 0.0650 e. The first kappa shape index (κ1) is 19.4. The fraction of sp³-hybridized carbons (Fsp3) is 0.292. The van der Waals surface area contributed by atoms with Crippen LogP contribution >= 0.6 is 12.4 Å². The first-order chi connectivity index (χ1) is 12.8. The lowest BCUT2D eigenvalue weighted by Crippen LogP contribution is -2.30. The Morgan fingerprint density at radius 1 is 0.963 bits per heavy atom. The minimum atomic E-state index is 0. The molecule has 3 aromatic rings. The average molecular weight is 379 g/mol. The number of anilines is 1. The van der Waals surface area contributed by atoms with Gasteiger partial charge in [0.05, 0.1) is 5.69 Å². The van der Waals surface area contributed by atoms with E-state index in [-0.39, 0.29) is 12.4 Å². The van der Waals surface area contributed by atoms with Crippen LogP contribution in [0.15, 0.2) is 54.7 Å². The Kier molecular flexibility index (Phi) is 6.52. The van der Waals surface area contributed by atoms with Gasteiger partial charge in [0.1, 0.15) is 0 Å². The molecule has 2 aromatic carbocycles. The highest BCUT2D eigenvalue weighted by atomic mass is 35.5. The fourth-order valence-electron chi connectivity index (χ4n) is 3.85. The zero-order chi connectivity index (χ0) is 17.8. The van der Waals surface area contributed by atoms with Gasteiger partial charge < -0.3 is 4.90 Å². The van der Waals surface area contributed by atoms with E-state index in [2.05, 4.69) is 83.7 Å². The molecule has 1 saturated heterocycles. The van der Waals surface area contributed by atoms with Crippen molar-refractivity contribution < 1.29 is 0 Å². The van der Waals surface area contributed by atoms with Crippen LogP contribution in [0.5, 0.6) is 0 Å². The van der Waals surface area contributed by atoms with E-state index >= 15 is 0 Å². The Labute approximate surface area is 168 Å². The molecular formula is C24H27ClN2. The van der Waals surface area contributed by atoms with Gasteiger partial charge in [0.2, 0.25) is 0 Å². The van der Waals surface area contributed by atoms with Gasteiger partial charge in [-0.15, -0.1) is 12.4 Å². The zero-order valence-corrected chi connectivity index (χ0v) is 16.7. The number of fused-ring (bicyclic) bond motifs is 1. The Hall–Kier alpha value is -2.32. The average Bonchev–Trinajstić information content (AvgIpc) is 2.72. The van der Waals surface area contributed by atoms with E-state index in [0.29, 0.717) is 0 Å². The Balaban J connectivity index is 0.00000210. The van der Waals surface area contributed by atoms with Crippen molar-refractivity contribution in [2.45, 2.75) is 32.6 Å².